The number of benzene rings is 6. The smallest absolute Gasteiger partial charge is 0.333 e. The number of carbonyl (C=O) groups is 8. The van der Waals surface area contributed by atoms with Gasteiger partial charge in [0.15, 0.2) is 9.84 Å². The number of ether oxygens (including phenoxy) is 9. The number of hydrogen-bond acceptors (Lipinski definition) is 27. The van der Waals surface area contributed by atoms with Gasteiger partial charge in [0.2, 0.25) is 15.9 Å². The Morgan fingerprint density at radius 2 is 0.750 bits per heavy atom. The quantitative estimate of drug-likeness (QED) is 0.0236. The molecule has 0 bridgehead atoms. The molecule has 6 aromatic carbocycles. The van der Waals surface area contributed by atoms with Gasteiger partial charge in [-0.25, -0.2) is 31.1 Å². The lowest BCUT2D eigenvalue weighted by molar-refractivity contribution is -0.201. The van der Waals surface area contributed by atoms with Gasteiger partial charge in [-0.15, -0.1) is 10.1 Å². The van der Waals surface area contributed by atoms with Gasteiger partial charge < -0.3 is 78.1 Å². The van der Waals surface area contributed by atoms with Crippen molar-refractivity contribution in [3.05, 3.63) is 195 Å². The molecule has 132 heavy (non-hydrogen) atoms. The summed E-state index contributed by atoms with van der Waals surface area (Å²) in [5.74, 6) is -4.43. The first-order valence-electron chi connectivity index (χ1n) is 43.8. The Hall–Kier alpha value is -7.24. The summed E-state index contributed by atoms with van der Waals surface area (Å²) in [5.41, 5.74) is 16.6. The largest absolute Gasteiger partial charge is 0.379 e. The fourth-order valence-electron chi connectivity index (χ4n) is 15.1. The molecule has 3 unspecified atom stereocenters. The number of hydrogen-bond donors (Lipinski definition) is 3. The number of likely N-dealkylation sites (N-methyl/N-ethyl adjacent to an activating group) is 3. The first-order valence-corrected chi connectivity index (χ1v) is 49.2. The second-order valence-electron chi connectivity index (χ2n) is 31.9. The number of ketones is 1. The number of nitrogens with zero attached hydrogens (tertiary/aromatic N) is 5. The first kappa shape index (κ1) is 110. The molecule has 0 spiro atoms. The summed E-state index contributed by atoms with van der Waals surface area (Å²) in [6.45, 7) is 13.2. The van der Waals surface area contributed by atoms with Crippen LogP contribution in [-0.4, -0.2) is 274 Å². The van der Waals surface area contributed by atoms with Gasteiger partial charge in [-0.2, -0.15) is 0 Å². The van der Waals surface area contributed by atoms with Gasteiger partial charge in [0.05, 0.1) is 127 Å². The molecule has 2 saturated heterocycles. The number of nitrogens with two attached hydrogens (primary N) is 1. The van der Waals surface area contributed by atoms with Crippen LogP contribution in [0.1, 0.15) is 164 Å². The molecule has 726 valence electrons. The van der Waals surface area contributed by atoms with Crippen LogP contribution in [0, 0.1) is 0 Å². The average molecular weight is 2000 g/mol. The normalized spacial score (nSPS) is 16.4. The van der Waals surface area contributed by atoms with Crippen LogP contribution in [-0.2, 0) is 137 Å². The Morgan fingerprint density at radius 1 is 0.402 bits per heavy atom. The summed E-state index contributed by atoms with van der Waals surface area (Å²) >= 11 is 38.5. The van der Waals surface area contributed by atoms with Crippen molar-refractivity contribution in [1.29, 1.82) is 0 Å². The topological polar surface area (TPSA) is 373 Å². The van der Waals surface area contributed by atoms with Gasteiger partial charge in [-0.1, -0.05) is 126 Å². The van der Waals surface area contributed by atoms with Gasteiger partial charge in [0.25, 0.3) is 23.6 Å². The summed E-state index contributed by atoms with van der Waals surface area (Å²) in [7, 11) is -1.02. The van der Waals surface area contributed by atoms with Crippen molar-refractivity contribution in [1.82, 2.24) is 34.9 Å². The molecule has 6 aromatic rings. The molecule has 0 radical (unpaired) electrons. The maximum atomic E-state index is 13.0. The second-order valence-corrected chi connectivity index (χ2v) is 38.3. The van der Waals surface area contributed by atoms with Crippen LogP contribution in [0.3, 0.4) is 0 Å². The maximum absolute atomic E-state index is 13.0. The Bertz CT molecular complexity index is 4710. The average Bonchev–Trinajstić information content (AvgIpc) is 0.844. The predicted molar refractivity (Wildman–Crippen MR) is 501 cm³/mol. The van der Waals surface area contributed by atoms with Crippen molar-refractivity contribution >= 4 is 137 Å². The Kier molecular flexibility index (Phi) is 48.1. The van der Waals surface area contributed by atoms with Gasteiger partial charge in [0.1, 0.15) is 5.78 Å². The number of Topliss-reactive ketones (excluding diaryl/α,β-unsaturated/α-hetero) is 1. The van der Waals surface area contributed by atoms with E-state index in [0.29, 0.717) is 167 Å². The molecule has 2 fully saturated rings. The van der Waals surface area contributed by atoms with Crippen LogP contribution in [0.4, 0.5) is 0 Å². The molecule has 31 nitrogen and oxygen atoms in total. The summed E-state index contributed by atoms with van der Waals surface area (Å²) in [6.07, 6.45) is 3.58. The fourth-order valence-corrected chi connectivity index (χ4v) is 19.1. The number of unbranched alkanes of at least 4 members (excludes halogenated alkanes) is 1. The van der Waals surface area contributed by atoms with Crippen LogP contribution < -0.4 is 15.8 Å². The third-order valence-electron chi connectivity index (χ3n) is 21.7. The summed E-state index contributed by atoms with van der Waals surface area (Å²) < 4.78 is 104. The van der Waals surface area contributed by atoms with Crippen molar-refractivity contribution in [3.63, 3.8) is 0 Å². The zero-order valence-electron chi connectivity index (χ0n) is 74.1. The highest BCUT2D eigenvalue weighted by molar-refractivity contribution is 7.91. The minimum atomic E-state index is -3.73. The number of amides is 5. The lowest BCUT2D eigenvalue weighted by Crippen LogP contribution is -2.33. The number of aryl methyl sites for hydroxylation is 1. The van der Waals surface area contributed by atoms with Crippen LogP contribution in [0.25, 0.3) is 0 Å². The molecule has 5 aliphatic rings. The highest BCUT2D eigenvalue weighted by Gasteiger charge is 2.37. The first-order chi connectivity index (χ1) is 63.0. The lowest BCUT2D eigenvalue weighted by Gasteiger charge is -2.33. The van der Waals surface area contributed by atoms with Gasteiger partial charge >= 0.3 is 11.9 Å². The molecule has 11 rings (SSSR count). The molecule has 39 heteroatoms. The third-order valence-corrected chi connectivity index (χ3v) is 26.7. The van der Waals surface area contributed by atoms with E-state index in [1.54, 1.807) is 36.4 Å². The van der Waals surface area contributed by atoms with E-state index in [1.807, 2.05) is 56.6 Å². The highest BCUT2D eigenvalue weighted by Crippen LogP contribution is 2.42. The summed E-state index contributed by atoms with van der Waals surface area (Å²) in [6, 6.07) is 34.2. The van der Waals surface area contributed by atoms with Crippen LogP contribution in [0.5, 0.6) is 0 Å². The molecule has 3 atom stereocenters. The molecular weight excluding hydrogens is 1870 g/mol. The monoisotopic (exact) mass is 1990 g/mol. The molecule has 0 saturated carbocycles. The fraction of sp³-hybridized carbons (Fsp3) is 0.527. The minimum absolute atomic E-state index is 0. The standard InChI is InChI=1S/C54H70Cl4N4O12S2.C26H36Cl2N2O3.C12H12N2O8.CH4/c1-61-35-48(46-31-41(55)33-52(57)50(46)37-61)39-6-11-44(12-7-39)75(65,66)30-4-19-70-23-27-73-26-22-69-18-3-5-43(63)10-15-54(64)59-16-20-71-24-28-74-29-25-72-21-17-60-76(67,68)45-13-8-40(9-14-45)49-36-62(2)38-51-47(49)32-42(56)34-53(51)58;1-30-18-24(23-16-22(27)17-26(28)25(23)19-30)21-7-5-20(6-8-21)4-2-3-10-31-12-14-33-15-13-32-11-9-29;15-7-1-2-8(16)13(7)21-11(19)5-6-12(20)22-14-9(17)3-4-10(14)18;/h6-9,11-14,31-34,48-49,60H,3-5,10,15-30,35-38H2,1-2H3,(H,59,64);5-8,16-17,24H,2-4,9-15,18-19,29H2,1H3;1-6H2;1H4. The van der Waals surface area contributed by atoms with Crippen LogP contribution >= 0.6 is 69.6 Å². The van der Waals surface area contributed by atoms with E-state index in [9.17, 15) is 55.2 Å². The van der Waals surface area contributed by atoms with Crippen LogP contribution in [0.15, 0.2) is 119 Å². The molecule has 5 heterocycles. The molecule has 5 amide bonds. The highest BCUT2D eigenvalue weighted by atomic mass is 35.5. The lowest BCUT2D eigenvalue weighted by atomic mass is 9.84. The van der Waals surface area contributed by atoms with Gasteiger partial charge in [-0.3, -0.25) is 28.8 Å². The number of halogens is 6. The Labute approximate surface area is 803 Å². The van der Waals surface area contributed by atoms with Crippen molar-refractivity contribution in [2.24, 2.45) is 5.73 Å². The van der Waals surface area contributed by atoms with Crippen molar-refractivity contribution in [3.8, 4) is 0 Å². The predicted octanol–water partition coefficient (Wildman–Crippen LogP) is 12.5. The van der Waals surface area contributed by atoms with Crippen molar-refractivity contribution in [2.75, 3.05) is 185 Å². The zero-order chi connectivity index (χ0) is 94.2. The van der Waals surface area contributed by atoms with E-state index < -0.39 is 68.3 Å². The minimum Gasteiger partial charge on any atom is -0.379 e. The van der Waals surface area contributed by atoms with E-state index >= 15 is 0 Å². The number of fused-ring (bicyclic) bond motifs is 3. The van der Waals surface area contributed by atoms with Gasteiger partial charge in [0, 0.05) is 172 Å². The zero-order valence-corrected chi connectivity index (χ0v) is 80.3. The van der Waals surface area contributed by atoms with E-state index in [2.05, 4.69) is 71.8 Å². The van der Waals surface area contributed by atoms with Crippen molar-refractivity contribution in [2.45, 2.75) is 144 Å². The Balaban J connectivity index is 0.000000310. The molecule has 4 N–H and O–H groups in total. The van der Waals surface area contributed by atoms with E-state index in [-0.39, 0.29) is 117 Å². The molecule has 0 aliphatic carbocycles. The molecule has 5 aliphatic heterocycles. The molecule has 0 aromatic heterocycles. The number of hydroxylamine groups is 4. The van der Waals surface area contributed by atoms with Gasteiger partial charge in [-0.05, 0) is 170 Å². The van der Waals surface area contributed by atoms with E-state index in [0.717, 1.165) is 97.0 Å². The van der Waals surface area contributed by atoms with Crippen LogP contribution in [0.2, 0.25) is 30.1 Å². The number of sulfonamides is 1. The molecular formula is C93H122Cl6N8O23S2. The number of sulfone groups is 1. The summed E-state index contributed by atoms with van der Waals surface area (Å²) in [5, 5.41) is 7.34. The summed E-state index contributed by atoms with van der Waals surface area (Å²) in [4.78, 5) is 108. The van der Waals surface area contributed by atoms with Crippen molar-refractivity contribution < 1.29 is 107 Å². The third kappa shape index (κ3) is 36.7. The SMILES string of the molecule is C.CN1Cc2c(Cl)cc(Cl)cc2C(c2ccc(CCCCOCCOCCOCCN)cc2)C1.CN1Cc2c(Cl)cc(Cl)cc2C(c2ccc(S(=O)(=O)CCCOCCOCCOCCCC(=O)CCC(=O)NCCOCCOCCOCCNS(=O)(=O)c3ccc(C4CN(C)Cc5c(Cl)cc(Cl)cc54)cc3)cc2)C1.O=C(CCC(=O)ON1C(=O)CCC1=O)ON1C(=O)CCC1=O. The Morgan fingerprint density at radius 3 is 1.15 bits per heavy atom. The number of rotatable bonds is 53. The number of imide groups is 2. The number of carbonyl (C=O) groups excluding carboxylic acids is 8. The second kappa shape index (κ2) is 57.7. The maximum Gasteiger partial charge on any atom is 0.333 e. The number of nitrogens with one attached hydrogen (secondary N) is 2. The van der Waals surface area contributed by atoms with E-state index in [4.69, 9.17) is 118 Å². The van der Waals surface area contributed by atoms with E-state index in [1.165, 1.54) is 22.3 Å².